The summed E-state index contributed by atoms with van der Waals surface area (Å²) in [6.45, 7) is 0. The SMILES string of the molecule is O=[N+]([O-])c1ccc(N/N=C\c2cc(Cl)ccc2O)cc1. The van der Waals surface area contributed by atoms with Crippen molar-refractivity contribution in [3.8, 4) is 5.75 Å². The third-order valence-electron chi connectivity index (χ3n) is 2.46. The predicted octanol–water partition coefficient (Wildman–Crippen LogP) is 3.40. The zero-order valence-electron chi connectivity index (χ0n) is 10.2. The summed E-state index contributed by atoms with van der Waals surface area (Å²) >= 11 is 5.80. The van der Waals surface area contributed by atoms with Crippen LogP contribution in [0.5, 0.6) is 5.75 Å². The number of hydrogen-bond donors (Lipinski definition) is 2. The Labute approximate surface area is 119 Å². The van der Waals surface area contributed by atoms with E-state index in [0.717, 1.165) is 0 Å². The Morgan fingerprint density at radius 1 is 1.25 bits per heavy atom. The van der Waals surface area contributed by atoms with Crippen LogP contribution in [0.25, 0.3) is 0 Å². The lowest BCUT2D eigenvalue weighted by Gasteiger charge is -2.01. The molecule has 0 saturated carbocycles. The summed E-state index contributed by atoms with van der Waals surface area (Å²) in [6.07, 6.45) is 1.41. The number of aromatic hydroxyl groups is 1. The van der Waals surface area contributed by atoms with Gasteiger partial charge in [-0.25, -0.2) is 0 Å². The van der Waals surface area contributed by atoms with Crippen LogP contribution >= 0.6 is 11.6 Å². The quantitative estimate of drug-likeness (QED) is 0.513. The van der Waals surface area contributed by atoms with E-state index >= 15 is 0 Å². The molecule has 2 aromatic rings. The molecule has 0 aliphatic carbocycles. The van der Waals surface area contributed by atoms with Gasteiger partial charge < -0.3 is 5.11 Å². The minimum atomic E-state index is -0.475. The number of benzene rings is 2. The molecule has 0 bridgehead atoms. The molecule has 0 spiro atoms. The molecule has 0 aliphatic heterocycles. The first-order valence-corrected chi connectivity index (χ1v) is 5.96. The molecular formula is C13H10ClN3O3. The molecule has 0 heterocycles. The molecule has 0 unspecified atom stereocenters. The van der Waals surface area contributed by atoms with Crippen LogP contribution in [0.15, 0.2) is 47.6 Å². The summed E-state index contributed by atoms with van der Waals surface area (Å²) in [7, 11) is 0. The van der Waals surface area contributed by atoms with E-state index in [9.17, 15) is 15.2 Å². The van der Waals surface area contributed by atoms with Crippen LogP contribution in [0.4, 0.5) is 11.4 Å². The van der Waals surface area contributed by atoms with Gasteiger partial charge in [0.25, 0.3) is 5.69 Å². The lowest BCUT2D eigenvalue weighted by molar-refractivity contribution is -0.384. The standard InChI is InChI=1S/C13H10ClN3O3/c14-10-1-6-13(18)9(7-10)8-15-16-11-2-4-12(5-3-11)17(19)20/h1-8,16,18H/b15-8-. The summed E-state index contributed by atoms with van der Waals surface area (Å²) in [6, 6.07) is 10.4. The normalized spacial score (nSPS) is 10.7. The third-order valence-corrected chi connectivity index (χ3v) is 2.70. The van der Waals surface area contributed by atoms with E-state index in [1.807, 2.05) is 0 Å². The van der Waals surface area contributed by atoms with Gasteiger partial charge in [0, 0.05) is 22.7 Å². The van der Waals surface area contributed by atoms with E-state index in [1.54, 1.807) is 12.1 Å². The lowest BCUT2D eigenvalue weighted by Crippen LogP contribution is -1.92. The number of nitrogens with one attached hydrogen (secondary N) is 1. The minimum absolute atomic E-state index is 0.00650. The van der Waals surface area contributed by atoms with E-state index in [0.29, 0.717) is 16.3 Å². The summed E-state index contributed by atoms with van der Waals surface area (Å²) in [5.74, 6) is 0.0589. The molecule has 0 aromatic heterocycles. The van der Waals surface area contributed by atoms with Crippen LogP contribution in [-0.2, 0) is 0 Å². The van der Waals surface area contributed by atoms with Crippen LogP contribution in [-0.4, -0.2) is 16.2 Å². The molecule has 0 amide bonds. The van der Waals surface area contributed by atoms with Crippen molar-refractivity contribution in [3.63, 3.8) is 0 Å². The molecule has 20 heavy (non-hydrogen) atoms. The van der Waals surface area contributed by atoms with Gasteiger partial charge in [0.15, 0.2) is 0 Å². The zero-order valence-corrected chi connectivity index (χ0v) is 10.9. The van der Waals surface area contributed by atoms with Gasteiger partial charge in [-0.15, -0.1) is 0 Å². The Balaban J connectivity index is 2.06. The van der Waals surface area contributed by atoms with E-state index in [4.69, 9.17) is 11.6 Å². The molecule has 2 N–H and O–H groups in total. The fraction of sp³-hybridized carbons (Fsp3) is 0. The fourth-order valence-electron chi connectivity index (χ4n) is 1.46. The minimum Gasteiger partial charge on any atom is -0.507 e. The van der Waals surface area contributed by atoms with Crippen molar-refractivity contribution in [3.05, 3.63) is 63.2 Å². The van der Waals surface area contributed by atoms with Crippen LogP contribution in [0.3, 0.4) is 0 Å². The predicted molar refractivity (Wildman–Crippen MR) is 77.4 cm³/mol. The van der Waals surface area contributed by atoms with Gasteiger partial charge in [0.1, 0.15) is 5.75 Å². The molecule has 102 valence electrons. The first kappa shape index (κ1) is 13.8. The number of halogens is 1. The Bertz CT molecular complexity index is 656. The van der Waals surface area contributed by atoms with Crippen LogP contribution in [0, 0.1) is 10.1 Å². The summed E-state index contributed by atoms with van der Waals surface area (Å²) in [4.78, 5) is 10.0. The first-order chi connectivity index (χ1) is 9.56. The van der Waals surface area contributed by atoms with Crippen molar-refractivity contribution in [2.24, 2.45) is 5.10 Å². The second-order valence-corrected chi connectivity index (χ2v) is 4.31. The second kappa shape index (κ2) is 6.03. The number of hydrogen-bond acceptors (Lipinski definition) is 5. The average molecular weight is 292 g/mol. The van der Waals surface area contributed by atoms with Crippen molar-refractivity contribution in [2.75, 3.05) is 5.43 Å². The van der Waals surface area contributed by atoms with Gasteiger partial charge in [-0.3, -0.25) is 15.5 Å². The van der Waals surface area contributed by atoms with Crippen LogP contribution < -0.4 is 5.43 Å². The van der Waals surface area contributed by atoms with Gasteiger partial charge in [-0.1, -0.05) is 11.6 Å². The molecule has 7 heteroatoms. The first-order valence-electron chi connectivity index (χ1n) is 5.58. The van der Waals surface area contributed by atoms with Gasteiger partial charge in [-0.05, 0) is 30.3 Å². The summed E-state index contributed by atoms with van der Waals surface area (Å²) < 4.78 is 0. The molecule has 0 atom stereocenters. The monoisotopic (exact) mass is 291 g/mol. The lowest BCUT2D eigenvalue weighted by atomic mass is 10.2. The maximum absolute atomic E-state index is 10.5. The number of phenolic OH excluding ortho intramolecular Hbond substituents is 1. The summed E-state index contributed by atoms with van der Waals surface area (Å²) in [5.41, 5.74) is 3.76. The molecule has 6 nitrogen and oxygen atoms in total. The van der Waals surface area contributed by atoms with Crippen LogP contribution in [0.2, 0.25) is 5.02 Å². The summed E-state index contributed by atoms with van der Waals surface area (Å²) in [5, 5.41) is 24.5. The highest BCUT2D eigenvalue weighted by Gasteiger charge is 2.03. The number of anilines is 1. The Morgan fingerprint density at radius 2 is 1.95 bits per heavy atom. The Morgan fingerprint density at radius 3 is 2.60 bits per heavy atom. The van der Waals surface area contributed by atoms with Gasteiger partial charge in [0.2, 0.25) is 0 Å². The Kier molecular flexibility index (Phi) is 4.17. The van der Waals surface area contributed by atoms with Crippen molar-refractivity contribution in [1.29, 1.82) is 0 Å². The van der Waals surface area contributed by atoms with Crippen molar-refractivity contribution < 1.29 is 10.0 Å². The molecule has 0 fully saturated rings. The van der Waals surface area contributed by atoms with E-state index < -0.39 is 4.92 Å². The molecular weight excluding hydrogens is 282 g/mol. The second-order valence-electron chi connectivity index (χ2n) is 3.88. The molecule has 0 radical (unpaired) electrons. The van der Waals surface area contributed by atoms with Gasteiger partial charge in [0.05, 0.1) is 16.8 Å². The highest BCUT2D eigenvalue weighted by molar-refractivity contribution is 6.30. The van der Waals surface area contributed by atoms with E-state index in [1.165, 1.54) is 36.5 Å². The Hall–Kier alpha value is -2.60. The molecule has 2 rings (SSSR count). The smallest absolute Gasteiger partial charge is 0.269 e. The van der Waals surface area contributed by atoms with Crippen LogP contribution in [0.1, 0.15) is 5.56 Å². The van der Waals surface area contributed by atoms with Crippen molar-refractivity contribution >= 4 is 29.2 Å². The van der Waals surface area contributed by atoms with Gasteiger partial charge in [-0.2, -0.15) is 5.10 Å². The van der Waals surface area contributed by atoms with E-state index in [2.05, 4.69) is 10.5 Å². The third kappa shape index (κ3) is 3.46. The molecule has 2 aromatic carbocycles. The number of nitrogens with zero attached hydrogens (tertiary/aromatic N) is 2. The highest BCUT2D eigenvalue weighted by Crippen LogP contribution is 2.20. The molecule has 0 saturated heterocycles. The maximum Gasteiger partial charge on any atom is 0.269 e. The number of rotatable bonds is 4. The van der Waals surface area contributed by atoms with E-state index in [-0.39, 0.29) is 11.4 Å². The highest BCUT2D eigenvalue weighted by atomic mass is 35.5. The largest absolute Gasteiger partial charge is 0.507 e. The van der Waals surface area contributed by atoms with Crippen molar-refractivity contribution in [2.45, 2.75) is 0 Å². The maximum atomic E-state index is 10.5. The number of nitro benzene ring substituents is 1. The zero-order chi connectivity index (χ0) is 14.5. The average Bonchev–Trinajstić information content (AvgIpc) is 2.43. The number of phenols is 1. The number of non-ortho nitro benzene ring substituents is 1. The fourth-order valence-corrected chi connectivity index (χ4v) is 1.64. The van der Waals surface area contributed by atoms with Crippen molar-refractivity contribution in [1.82, 2.24) is 0 Å². The topological polar surface area (TPSA) is 87.8 Å². The number of hydrazone groups is 1. The van der Waals surface area contributed by atoms with Gasteiger partial charge >= 0.3 is 0 Å². The number of nitro groups is 1. The molecule has 0 aliphatic rings.